The van der Waals surface area contributed by atoms with Gasteiger partial charge in [-0.2, -0.15) is 0 Å². The van der Waals surface area contributed by atoms with Gasteiger partial charge in [0.1, 0.15) is 5.76 Å². The first-order chi connectivity index (χ1) is 9.33. The molecule has 100 valence electrons. The van der Waals surface area contributed by atoms with Crippen molar-refractivity contribution in [3.05, 3.63) is 59.5 Å². The molecule has 19 heavy (non-hydrogen) atoms. The summed E-state index contributed by atoms with van der Waals surface area (Å²) < 4.78 is 5.37. The van der Waals surface area contributed by atoms with Crippen molar-refractivity contribution in [3.8, 4) is 0 Å². The van der Waals surface area contributed by atoms with Crippen molar-refractivity contribution in [2.24, 2.45) is 5.92 Å². The molecule has 0 spiro atoms. The SMILES string of the molecule is Cc1ccc(C(NCCc2ccco2)C2CC2)cc1. The van der Waals surface area contributed by atoms with Crippen LogP contribution in [0.2, 0.25) is 0 Å². The molecule has 1 aliphatic carbocycles. The Hall–Kier alpha value is -1.54. The fourth-order valence-corrected chi connectivity index (χ4v) is 2.57. The summed E-state index contributed by atoms with van der Waals surface area (Å²) in [6.07, 6.45) is 5.41. The predicted octanol–water partition coefficient (Wildman–Crippen LogP) is 3.87. The van der Waals surface area contributed by atoms with Crippen molar-refractivity contribution in [2.45, 2.75) is 32.2 Å². The fourth-order valence-electron chi connectivity index (χ4n) is 2.57. The number of hydrogen-bond acceptors (Lipinski definition) is 2. The summed E-state index contributed by atoms with van der Waals surface area (Å²) >= 11 is 0. The summed E-state index contributed by atoms with van der Waals surface area (Å²) in [7, 11) is 0. The topological polar surface area (TPSA) is 25.2 Å². The quantitative estimate of drug-likeness (QED) is 0.847. The number of rotatable bonds is 6. The highest BCUT2D eigenvalue weighted by molar-refractivity contribution is 5.25. The van der Waals surface area contributed by atoms with E-state index in [4.69, 9.17) is 4.42 Å². The summed E-state index contributed by atoms with van der Waals surface area (Å²) in [5.74, 6) is 1.88. The van der Waals surface area contributed by atoms with Crippen molar-refractivity contribution in [1.82, 2.24) is 5.32 Å². The van der Waals surface area contributed by atoms with Crippen LogP contribution >= 0.6 is 0 Å². The van der Waals surface area contributed by atoms with Crippen LogP contribution in [0.15, 0.2) is 47.1 Å². The molecule has 2 aromatic rings. The van der Waals surface area contributed by atoms with Gasteiger partial charge in [-0.25, -0.2) is 0 Å². The Bertz CT molecular complexity index is 497. The number of hydrogen-bond donors (Lipinski definition) is 1. The molecular formula is C17H21NO. The summed E-state index contributed by atoms with van der Waals surface area (Å²) in [6, 6.07) is 13.4. The lowest BCUT2D eigenvalue weighted by atomic mass is 10.0. The second-order valence-corrected chi connectivity index (χ2v) is 5.51. The monoisotopic (exact) mass is 255 g/mol. The molecule has 3 rings (SSSR count). The van der Waals surface area contributed by atoms with E-state index in [1.54, 1.807) is 6.26 Å². The summed E-state index contributed by atoms with van der Waals surface area (Å²) in [6.45, 7) is 3.11. The Balaban J connectivity index is 1.60. The maximum Gasteiger partial charge on any atom is 0.105 e. The summed E-state index contributed by atoms with van der Waals surface area (Å²) in [5, 5.41) is 3.70. The molecule has 0 aliphatic heterocycles. The highest BCUT2D eigenvalue weighted by atomic mass is 16.3. The van der Waals surface area contributed by atoms with E-state index in [9.17, 15) is 0 Å². The molecule has 2 heteroatoms. The van der Waals surface area contributed by atoms with Gasteiger partial charge < -0.3 is 9.73 Å². The van der Waals surface area contributed by atoms with E-state index in [-0.39, 0.29) is 0 Å². The van der Waals surface area contributed by atoms with Crippen molar-refractivity contribution in [3.63, 3.8) is 0 Å². The third kappa shape index (κ3) is 3.27. The van der Waals surface area contributed by atoms with Crippen LogP contribution in [0.25, 0.3) is 0 Å². The van der Waals surface area contributed by atoms with Crippen molar-refractivity contribution in [2.75, 3.05) is 6.54 Å². The minimum absolute atomic E-state index is 0.510. The Morgan fingerprint density at radius 3 is 2.63 bits per heavy atom. The third-order valence-corrected chi connectivity index (χ3v) is 3.85. The molecule has 1 aromatic heterocycles. The normalized spacial score (nSPS) is 16.5. The maximum atomic E-state index is 5.37. The predicted molar refractivity (Wildman–Crippen MR) is 77.1 cm³/mol. The lowest BCUT2D eigenvalue weighted by Crippen LogP contribution is -2.25. The zero-order valence-corrected chi connectivity index (χ0v) is 11.4. The van der Waals surface area contributed by atoms with Gasteiger partial charge in [0.05, 0.1) is 6.26 Å². The first-order valence-corrected chi connectivity index (χ1v) is 7.15. The molecule has 0 amide bonds. The molecule has 1 aliphatic rings. The standard InChI is InChI=1S/C17H21NO/c1-13-4-6-14(7-5-13)17(15-8-9-15)18-11-10-16-3-2-12-19-16/h2-7,12,15,17-18H,8-11H2,1H3. The first-order valence-electron chi connectivity index (χ1n) is 7.15. The van der Waals surface area contributed by atoms with Crippen LogP contribution in [0.1, 0.15) is 35.8 Å². The van der Waals surface area contributed by atoms with E-state index in [1.165, 1.54) is 24.0 Å². The Labute approximate surface area is 114 Å². The van der Waals surface area contributed by atoms with Crippen LogP contribution in [-0.4, -0.2) is 6.54 Å². The number of nitrogens with one attached hydrogen (secondary N) is 1. The van der Waals surface area contributed by atoms with Crippen molar-refractivity contribution < 1.29 is 4.42 Å². The molecule has 1 fully saturated rings. The first kappa shape index (κ1) is 12.5. The highest BCUT2D eigenvalue weighted by Gasteiger charge is 2.31. The van der Waals surface area contributed by atoms with E-state index in [2.05, 4.69) is 36.5 Å². The summed E-state index contributed by atoms with van der Waals surface area (Å²) in [5.41, 5.74) is 2.75. The van der Waals surface area contributed by atoms with Gasteiger partial charge in [0, 0.05) is 19.0 Å². The number of furan rings is 1. The fraction of sp³-hybridized carbons (Fsp3) is 0.412. The van der Waals surface area contributed by atoms with Gasteiger partial charge >= 0.3 is 0 Å². The van der Waals surface area contributed by atoms with E-state index < -0.39 is 0 Å². The van der Waals surface area contributed by atoms with Crippen LogP contribution in [-0.2, 0) is 6.42 Å². The minimum atomic E-state index is 0.510. The van der Waals surface area contributed by atoms with Crippen LogP contribution < -0.4 is 5.32 Å². The molecular weight excluding hydrogens is 234 g/mol. The largest absolute Gasteiger partial charge is 0.469 e. The molecule has 2 nitrogen and oxygen atoms in total. The number of aryl methyl sites for hydroxylation is 1. The minimum Gasteiger partial charge on any atom is -0.469 e. The van der Waals surface area contributed by atoms with E-state index in [1.807, 2.05) is 12.1 Å². The Morgan fingerprint density at radius 2 is 2.00 bits per heavy atom. The average Bonchev–Trinajstić information content (AvgIpc) is 3.13. The molecule has 0 radical (unpaired) electrons. The number of benzene rings is 1. The molecule has 0 saturated heterocycles. The molecule has 1 saturated carbocycles. The van der Waals surface area contributed by atoms with Crippen LogP contribution in [0.4, 0.5) is 0 Å². The zero-order valence-electron chi connectivity index (χ0n) is 11.4. The molecule has 1 atom stereocenters. The highest BCUT2D eigenvalue weighted by Crippen LogP contribution is 2.40. The Morgan fingerprint density at radius 1 is 1.21 bits per heavy atom. The zero-order chi connectivity index (χ0) is 13.1. The van der Waals surface area contributed by atoms with E-state index in [0.717, 1.165) is 24.6 Å². The molecule has 1 aromatic carbocycles. The van der Waals surface area contributed by atoms with Gasteiger partial charge in [0.25, 0.3) is 0 Å². The van der Waals surface area contributed by atoms with Gasteiger partial charge in [-0.15, -0.1) is 0 Å². The van der Waals surface area contributed by atoms with Gasteiger partial charge in [0.2, 0.25) is 0 Å². The van der Waals surface area contributed by atoms with Crippen molar-refractivity contribution >= 4 is 0 Å². The van der Waals surface area contributed by atoms with Gasteiger partial charge in [-0.1, -0.05) is 29.8 Å². The lowest BCUT2D eigenvalue weighted by Gasteiger charge is -2.18. The molecule has 1 heterocycles. The van der Waals surface area contributed by atoms with Crippen molar-refractivity contribution in [1.29, 1.82) is 0 Å². The smallest absolute Gasteiger partial charge is 0.105 e. The second-order valence-electron chi connectivity index (χ2n) is 5.51. The van der Waals surface area contributed by atoms with Crippen LogP contribution in [0, 0.1) is 12.8 Å². The van der Waals surface area contributed by atoms with E-state index >= 15 is 0 Å². The van der Waals surface area contributed by atoms with Crippen LogP contribution in [0.5, 0.6) is 0 Å². The maximum absolute atomic E-state index is 5.37. The van der Waals surface area contributed by atoms with Gasteiger partial charge in [0.15, 0.2) is 0 Å². The molecule has 1 N–H and O–H groups in total. The third-order valence-electron chi connectivity index (χ3n) is 3.85. The Kier molecular flexibility index (Phi) is 3.69. The average molecular weight is 255 g/mol. The second kappa shape index (κ2) is 5.62. The van der Waals surface area contributed by atoms with Crippen LogP contribution in [0.3, 0.4) is 0 Å². The van der Waals surface area contributed by atoms with Gasteiger partial charge in [-0.3, -0.25) is 0 Å². The molecule has 0 bridgehead atoms. The summed E-state index contributed by atoms with van der Waals surface area (Å²) in [4.78, 5) is 0. The van der Waals surface area contributed by atoms with Gasteiger partial charge in [-0.05, 0) is 43.4 Å². The molecule has 1 unspecified atom stereocenters. The van der Waals surface area contributed by atoms with E-state index in [0.29, 0.717) is 6.04 Å². The lowest BCUT2D eigenvalue weighted by molar-refractivity contribution is 0.454.